The number of nitrogens with zero attached hydrogens (tertiary/aromatic N) is 6. The van der Waals surface area contributed by atoms with Crippen molar-refractivity contribution in [2.45, 2.75) is 71.2 Å². The molecule has 2 aliphatic heterocycles. The van der Waals surface area contributed by atoms with E-state index in [1.165, 1.54) is 0 Å². The summed E-state index contributed by atoms with van der Waals surface area (Å²) < 4.78 is 11.6. The van der Waals surface area contributed by atoms with Gasteiger partial charge in [0.05, 0.1) is 0 Å². The van der Waals surface area contributed by atoms with Crippen molar-refractivity contribution < 1.29 is 19.5 Å². The highest BCUT2D eigenvalue weighted by Gasteiger charge is 2.32. The quantitative estimate of drug-likeness (QED) is 0.291. The van der Waals surface area contributed by atoms with Crippen LogP contribution in [0.2, 0.25) is 0 Å². The Hall–Kier alpha value is -2.82. The van der Waals surface area contributed by atoms with E-state index in [2.05, 4.69) is 27.1 Å². The molecule has 2 fully saturated rings. The summed E-state index contributed by atoms with van der Waals surface area (Å²) in [6.07, 6.45) is 1.74. The largest absolute Gasteiger partial charge is 0.459 e. The zero-order chi connectivity index (χ0) is 24.3. The number of ether oxygens (including phenoxy) is 2. The molecular formula is C22H37N7O4. The van der Waals surface area contributed by atoms with Crippen LogP contribution in [0.3, 0.4) is 0 Å². The summed E-state index contributed by atoms with van der Waals surface area (Å²) in [5, 5.41) is 12.3. The molecule has 1 aromatic rings. The predicted octanol–water partition coefficient (Wildman–Crippen LogP) is 1.88. The van der Waals surface area contributed by atoms with Gasteiger partial charge in [0.15, 0.2) is 5.84 Å². The number of likely N-dealkylation sites (N-methyl/N-ethyl adjacent to an activating group) is 1. The molecule has 3 N–H and O–H groups in total. The van der Waals surface area contributed by atoms with Crippen LogP contribution >= 0.6 is 0 Å². The van der Waals surface area contributed by atoms with E-state index in [0.29, 0.717) is 25.5 Å². The van der Waals surface area contributed by atoms with Crippen molar-refractivity contribution in [2.75, 3.05) is 38.1 Å². The molecule has 0 saturated carbocycles. The summed E-state index contributed by atoms with van der Waals surface area (Å²) >= 11 is 0. The van der Waals surface area contributed by atoms with Crippen molar-refractivity contribution >= 4 is 17.7 Å². The second kappa shape index (κ2) is 9.98. The zero-order valence-corrected chi connectivity index (χ0v) is 20.5. The number of aromatic nitrogens is 2. The van der Waals surface area contributed by atoms with Crippen molar-refractivity contribution in [3.8, 4) is 6.01 Å². The molecule has 11 heteroatoms. The molecule has 11 nitrogen and oxygen atoms in total. The summed E-state index contributed by atoms with van der Waals surface area (Å²) in [6.45, 7) is 12.2. The van der Waals surface area contributed by atoms with E-state index in [1.54, 1.807) is 11.0 Å². The predicted molar refractivity (Wildman–Crippen MR) is 125 cm³/mol. The van der Waals surface area contributed by atoms with E-state index in [-0.39, 0.29) is 41.8 Å². The molecule has 0 spiro atoms. The van der Waals surface area contributed by atoms with E-state index in [0.717, 1.165) is 19.4 Å². The van der Waals surface area contributed by atoms with Crippen LogP contribution < -0.4 is 15.4 Å². The van der Waals surface area contributed by atoms with Crippen molar-refractivity contribution in [2.24, 2.45) is 10.9 Å². The molecule has 33 heavy (non-hydrogen) atoms. The summed E-state index contributed by atoms with van der Waals surface area (Å²) in [5.74, 6) is 0.485. The van der Waals surface area contributed by atoms with Gasteiger partial charge in [-0.05, 0) is 61.1 Å². The lowest BCUT2D eigenvalue weighted by Crippen LogP contribution is -2.55. The van der Waals surface area contributed by atoms with Gasteiger partial charge in [-0.2, -0.15) is 9.97 Å². The Kier molecular flexibility index (Phi) is 7.51. The van der Waals surface area contributed by atoms with Crippen molar-refractivity contribution in [3.05, 3.63) is 11.8 Å². The molecular weight excluding hydrogens is 426 g/mol. The number of rotatable bonds is 5. The lowest BCUT2D eigenvalue weighted by molar-refractivity contribution is 0.0158. The number of carbonyl (C=O) groups excluding carboxylic acids is 1. The van der Waals surface area contributed by atoms with Crippen LogP contribution in [0.15, 0.2) is 11.2 Å². The number of carbonyl (C=O) groups is 1. The van der Waals surface area contributed by atoms with E-state index in [9.17, 15) is 10.0 Å². The first-order valence-corrected chi connectivity index (χ1v) is 11.5. The van der Waals surface area contributed by atoms with Crippen LogP contribution in [0.1, 0.15) is 53.2 Å². The van der Waals surface area contributed by atoms with Crippen molar-refractivity contribution in [1.82, 2.24) is 19.8 Å². The third kappa shape index (κ3) is 6.16. The van der Waals surface area contributed by atoms with Crippen LogP contribution in [-0.4, -0.2) is 93.9 Å². The number of nitrogens with two attached hydrogens (primary N) is 1. The minimum atomic E-state index is -0.549. The molecule has 1 aromatic heterocycles. The summed E-state index contributed by atoms with van der Waals surface area (Å²) in [4.78, 5) is 27.6. The average molecular weight is 464 g/mol. The van der Waals surface area contributed by atoms with Gasteiger partial charge in [-0.25, -0.2) is 4.79 Å². The minimum Gasteiger partial charge on any atom is -0.459 e. The number of amidine groups is 1. The topological polar surface area (TPSA) is 130 Å². The van der Waals surface area contributed by atoms with Crippen LogP contribution in [0.5, 0.6) is 6.01 Å². The van der Waals surface area contributed by atoms with Gasteiger partial charge in [-0.15, -0.1) is 0 Å². The van der Waals surface area contributed by atoms with E-state index in [4.69, 9.17) is 15.2 Å². The zero-order valence-electron chi connectivity index (χ0n) is 20.5. The smallest absolute Gasteiger partial charge is 0.410 e. The molecule has 0 aliphatic carbocycles. The highest BCUT2D eigenvalue weighted by molar-refractivity contribution is 5.95. The normalized spacial score (nSPS) is 23.5. The molecule has 2 aliphatic rings. The van der Waals surface area contributed by atoms with Crippen LogP contribution in [0, 0.1) is 0 Å². The molecule has 2 saturated heterocycles. The third-order valence-electron chi connectivity index (χ3n) is 6.05. The number of hydrogen-bond acceptors (Lipinski definition) is 9. The highest BCUT2D eigenvalue weighted by Crippen LogP contribution is 2.25. The lowest BCUT2D eigenvalue weighted by atomic mass is 10.1. The molecule has 3 atom stereocenters. The first kappa shape index (κ1) is 24.8. The molecule has 0 radical (unpaired) electrons. The monoisotopic (exact) mass is 463 g/mol. The van der Waals surface area contributed by atoms with Crippen LogP contribution in [0.4, 0.5) is 10.6 Å². The molecule has 0 bridgehead atoms. The van der Waals surface area contributed by atoms with Gasteiger partial charge >= 0.3 is 12.1 Å². The van der Waals surface area contributed by atoms with E-state index < -0.39 is 5.60 Å². The third-order valence-corrected chi connectivity index (χ3v) is 6.05. The Labute approximate surface area is 195 Å². The maximum atomic E-state index is 12.6. The Balaban J connectivity index is 1.78. The lowest BCUT2D eigenvalue weighted by Gasteiger charge is -2.40. The van der Waals surface area contributed by atoms with Gasteiger partial charge in [-0.1, -0.05) is 5.16 Å². The fourth-order valence-corrected chi connectivity index (χ4v) is 4.34. The van der Waals surface area contributed by atoms with Crippen molar-refractivity contribution in [3.63, 3.8) is 0 Å². The standard InChI is InChI=1S/C22H37N7O4/c1-14-13-28(10-11-29(14)21(30)33-22(3,4)5)18-12-16(19(23)26-31)24-20(25-18)32-15(2)17-8-7-9-27(17)6/h12,14-15,17,31H,7-11,13H2,1-6H3,(H2,23,26)/t14-,15-,17-/m0/s1. The summed E-state index contributed by atoms with van der Waals surface area (Å²) in [7, 11) is 2.09. The molecule has 3 rings (SSSR count). The van der Waals surface area contributed by atoms with E-state index >= 15 is 0 Å². The van der Waals surface area contributed by atoms with Gasteiger partial charge in [0.2, 0.25) is 0 Å². The highest BCUT2D eigenvalue weighted by atomic mass is 16.6. The Morgan fingerprint density at radius 3 is 2.61 bits per heavy atom. The van der Waals surface area contributed by atoms with Crippen LogP contribution in [0.25, 0.3) is 0 Å². The van der Waals surface area contributed by atoms with Gasteiger partial charge < -0.3 is 30.2 Å². The number of hydrogen-bond donors (Lipinski definition) is 2. The summed E-state index contributed by atoms with van der Waals surface area (Å²) in [5.41, 5.74) is 5.58. The minimum absolute atomic E-state index is 0.0914. The van der Waals surface area contributed by atoms with E-state index in [1.807, 2.05) is 39.5 Å². The maximum Gasteiger partial charge on any atom is 0.410 e. The summed E-state index contributed by atoms with van der Waals surface area (Å²) in [6, 6.07) is 2.04. The Morgan fingerprint density at radius 1 is 1.30 bits per heavy atom. The number of oxime groups is 1. The number of amides is 1. The van der Waals surface area contributed by atoms with Crippen LogP contribution in [-0.2, 0) is 4.74 Å². The fourth-order valence-electron chi connectivity index (χ4n) is 4.34. The molecule has 3 heterocycles. The average Bonchev–Trinajstić information content (AvgIpc) is 3.17. The number of anilines is 1. The Morgan fingerprint density at radius 2 is 2.03 bits per heavy atom. The first-order chi connectivity index (χ1) is 15.5. The number of piperazine rings is 1. The molecule has 184 valence electrons. The molecule has 0 aromatic carbocycles. The molecule has 1 amide bonds. The fraction of sp³-hybridized carbons (Fsp3) is 0.727. The second-order valence-corrected chi connectivity index (χ2v) is 9.86. The van der Waals surface area contributed by atoms with Gasteiger partial charge in [0.25, 0.3) is 0 Å². The van der Waals surface area contributed by atoms with Gasteiger partial charge in [0, 0.05) is 37.8 Å². The maximum absolute atomic E-state index is 12.6. The Bertz CT molecular complexity index is 873. The van der Waals surface area contributed by atoms with Crippen molar-refractivity contribution in [1.29, 1.82) is 0 Å². The first-order valence-electron chi connectivity index (χ1n) is 11.5. The number of likely N-dealkylation sites (tertiary alicyclic amines) is 1. The molecule has 0 unspecified atom stereocenters. The SMILES string of the molecule is C[C@H](Oc1nc(/C(N)=N/O)cc(N2CCN(C(=O)OC(C)(C)C)[C@@H](C)C2)n1)[C@@H]1CCCN1C. The van der Waals surface area contributed by atoms with Gasteiger partial charge in [-0.3, -0.25) is 4.90 Å². The van der Waals surface area contributed by atoms with Gasteiger partial charge in [0.1, 0.15) is 23.2 Å². The second-order valence-electron chi connectivity index (χ2n) is 9.86.